The number of rotatable bonds is 5. The number of amides is 1. The maximum Gasteiger partial charge on any atom is 0.310 e. The number of carbonyl (C=O) groups is 2. The van der Waals surface area contributed by atoms with Gasteiger partial charge in [0.15, 0.2) is 5.82 Å². The lowest BCUT2D eigenvalue weighted by molar-refractivity contribution is -0.148. The SMILES string of the molecule is Cc1ccccc1-n1nnnc1[C@H](c1ccccc1)N1C[C@@]23C=C[C@@H](O2)[C@H](C(=O)O)[C@@H]3C1=O. The maximum atomic E-state index is 13.8. The van der Waals surface area contributed by atoms with Crippen LogP contribution in [0.3, 0.4) is 0 Å². The first kappa shape index (κ1) is 19.8. The number of benzene rings is 2. The molecular weight excluding hydrogens is 422 g/mol. The summed E-state index contributed by atoms with van der Waals surface area (Å²) < 4.78 is 7.73. The zero-order chi connectivity index (χ0) is 22.7. The highest BCUT2D eigenvalue weighted by Crippen LogP contribution is 2.53. The average molecular weight is 443 g/mol. The van der Waals surface area contributed by atoms with Crippen LogP contribution in [0.1, 0.15) is 23.0 Å². The fraction of sp³-hybridized carbons (Fsp3) is 0.292. The molecule has 1 N–H and O–H groups in total. The number of para-hydroxylation sites is 1. The first-order valence-corrected chi connectivity index (χ1v) is 10.8. The van der Waals surface area contributed by atoms with Gasteiger partial charge >= 0.3 is 5.97 Å². The van der Waals surface area contributed by atoms with Crippen molar-refractivity contribution in [2.24, 2.45) is 11.8 Å². The molecule has 1 aromatic heterocycles. The van der Waals surface area contributed by atoms with Crippen molar-refractivity contribution < 1.29 is 19.4 Å². The Balaban J connectivity index is 1.49. The second kappa shape index (κ2) is 7.08. The number of carboxylic acids is 1. The fourth-order valence-corrected chi connectivity index (χ4v) is 5.47. The number of hydrogen-bond donors (Lipinski definition) is 1. The Kier molecular flexibility index (Phi) is 4.25. The number of tetrazole rings is 1. The molecule has 0 aliphatic carbocycles. The molecule has 33 heavy (non-hydrogen) atoms. The molecule has 1 amide bonds. The summed E-state index contributed by atoms with van der Waals surface area (Å²) in [6, 6.07) is 16.7. The number of fused-ring (bicyclic) bond motifs is 1. The number of aliphatic carboxylic acids is 1. The molecule has 2 bridgehead atoms. The third kappa shape index (κ3) is 2.78. The van der Waals surface area contributed by atoms with Crippen molar-refractivity contribution in [1.29, 1.82) is 0 Å². The van der Waals surface area contributed by atoms with E-state index in [1.807, 2.05) is 67.6 Å². The molecule has 3 aliphatic rings. The molecule has 2 fully saturated rings. The Labute approximate surface area is 189 Å². The number of carboxylic acid groups (broad SMARTS) is 1. The van der Waals surface area contributed by atoms with Crippen LogP contribution in [0.5, 0.6) is 0 Å². The van der Waals surface area contributed by atoms with Gasteiger partial charge in [-0.2, -0.15) is 4.68 Å². The summed E-state index contributed by atoms with van der Waals surface area (Å²) in [5.41, 5.74) is 1.68. The van der Waals surface area contributed by atoms with Crippen molar-refractivity contribution in [1.82, 2.24) is 25.1 Å². The number of likely N-dealkylation sites (tertiary alicyclic amines) is 1. The van der Waals surface area contributed by atoms with Crippen LogP contribution in [0.4, 0.5) is 0 Å². The molecule has 9 heteroatoms. The van der Waals surface area contributed by atoms with E-state index in [9.17, 15) is 14.7 Å². The molecule has 4 heterocycles. The van der Waals surface area contributed by atoms with Gasteiger partial charge in [0.05, 0.1) is 24.3 Å². The molecule has 2 aromatic carbocycles. The van der Waals surface area contributed by atoms with E-state index in [1.54, 1.807) is 15.7 Å². The average Bonchev–Trinajstić information content (AvgIpc) is 3.57. The van der Waals surface area contributed by atoms with Gasteiger partial charge in [-0.15, -0.1) is 5.10 Å². The zero-order valence-electron chi connectivity index (χ0n) is 17.8. The van der Waals surface area contributed by atoms with E-state index in [2.05, 4.69) is 15.5 Å². The first-order chi connectivity index (χ1) is 16.0. The van der Waals surface area contributed by atoms with Crippen molar-refractivity contribution in [2.75, 3.05) is 6.54 Å². The third-order valence-corrected chi connectivity index (χ3v) is 6.92. The van der Waals surface area contributed by atoms with E-state index in [-0.39, 0.29) is 12.5 Å². The van der Waals surface area contributed by atoms with Crippen LogP contribution in [0.25, 0.3) is 5.69 Å². The van der Waals surface area contributed by atoms with Gasteiger partial charge in [0.2, 0.25) is 5.91 Å². The van der Waals surface area contributed by atoms with Crippen LogP contribution < -0.4 is 0 Å². The standard InChI is InChI=1S/C24H21N5O4/c1-14-7-5-6-10-16(14)29-21(25-26-27-29)20(15-8-3-2-4-9-15)28-13-24-12-11-17(33-24)18(23(31)32)19(24)22(28)30/h2-12,17-20H,13H2,1H3,(H,31,32)/t17-,18+,19-,20+,24-/m1/s1. The van der Waals surface area contributed by atoms with Gasteiger partial charge in [0, 0.05) is 0 Å². The minimum absolute atomic E-state index is 0.230. The van der Waals surface area contributed by atoms with Gasteiger partial charge in [0.25, 0.3) is 0 Å². The smallest absolute Gasteiger partial charge is 0.310 e. The number of ether oxygens (including phenoxy) is 1. The van der Waals surface area contributed by atoms with E-state index in [0.717, 1.165) is 16.8 Å². The van der Waals surface area contributed by atoms with E-state index in [0.29, 0.717) is 5.82 Å². The van der Waals surface area contributed by atoms with E-state index >= 15 is 0 Å². The van der Waals surface area contributed by atoms with Gasteiger partial charge in [-0.1, -0.05) is 60.7 Å². The van der Waals surface area contributed by atoms with Crippen molar-refractivity contribution in [3.63, 3.8) is 0 Å². The third-order valence-electron chi connectivity index (χ3n) is 6.92. The Hall–Kier alpha value is -3.85. The number of aromatic nitrogens is 4. The summed E-state index contributed by atoms with van der Waals surface area (Å²) in [5.74, 6) is -2.49. The Morgan fingerprint density at radius 2 is 1.94 bits per heavy atom. The lowest BCUT2D eigenvalue weighted by Crippen LogP contribution is -2.39. The van der Waals surface area contributed by atoms with Crippen molar-refractivity contribution in [2.45, 2.75) is 24.7 Å². The predicted molar refractivity (Wildman–Crippen MR) is 115 cm³/mol. The molecule has 3 aromatic rings. The fourth-order valence-electron chi connectivity index (χ4n) is 5.47. The van der Waals surface area contributed by atoms with Gasteiger partial charge in [-0.3, -0.25) is 9.59 Å². The molecule has 5 atom stereocenters. The molecule has 0 radical (unpaired) electrons. The molecule has 2 saturated heterocycles. The maximum absolute atomic E-state index is 13.8. The highest BCUT2D eigenvalue weighted by molar-refractivity contribution is 5.91. The molecule has 9 nitrogen and oxygen atoms in total. The Morgan fingerprint density at radius 1 is 1.18 bits per heavy atom. The summed E-state index contributed by atoms with van der Waals surface area (Å²) in [7, 11) is 0. The Morgan fingerprint density at radius 3 is 2.70 bits per heavy atom. The van der Waals surface area contributed by atoms with E-state index in [1.165, 1.54) is 0 Å². The molecule has 6 rings (SSSR count). The summed E-state index contributed by atoms with van der Waals surface area (Å²) in [6.07, 6.45) is 3.04. The molecule has 3 aliphatic heterocycles. The second-order valence-corrected chi connectivity index (χ2v) is 8.75. The Bertz CT molecular complexity index is 1290. The van der Waals surface area contributed by atoms with Crippen molar-refractivity contribution in [3.8, 4) is 5.69 Å². The summed E-state index contributed by atoms with van der Waals surface area (Å²) in [5, 5.41) is 22.3. The molecule has 166 valence electrons. The largest absolute Gasteiger partial charge is 0.481 e. The van der Waals surface area contributed by atoms with Crippen LogP contribution in [-0.4, -0.2) is 60.3 Å². The summed E-state index contributed by atoms with van der Waals surface area (Å²) >= 11 is 0. The number of aryl methyl sites for hydroxylation is 1. The molecule has 0 unspecified atom stereocenters. The quantitative estimate of drug-likeness (QED) is 0.600. The number of nitrogens with zero attached hydrogens (tertiary/aromatic N) is 5. The topological polar surface area (TPSA) is 110 Å². The van der Waals surface area contributed by atoms with E-state index < -0.39 is 35.6 Å². The van der Waals surface area contributed by atoms with Crippen molar-refractivity contribution >= 4 is 11.9 Å². The van der Waals surface area contributed by atoms with Gasteiger partial charge < -0.3 is 14.7 Å². The van der Waals surface area contributed by atoms with Crippen LogP contribution in [0, 0.1) is 18.8 Å². The lowest BCUT2D eigenvalue weighted by Gasteiger charge is -2.29. The van der Waals surface area contributed by atoms with Crippen LogP contribution in [0.15, 0.2) is 66.7 Å². The van der Waals surface area contributed by atoms with E-state index in [4.69, 9.17) is 4.74 Å². The minimum Gasteiger partial charge on any atom is -0.481 e. The lowest BCUT2D eigenvalue weighted by atomic mass is 9.77. The second-order valence-electron chi connectivity index (χ2n) is 8.75. The minimum atomic E-state index is -1.02. The zero-order valence-corrected chi connectivity index (χ0v) is 17.8. The van der Waals surface area contributed by atoms with Crippen molar-refractivity contribution in [3.05, 3.63) is 83.7 Å². The van der Waals surface area contributed by atoms with Gasteiger partial charge in [-0.25, -0.2) is 0 Å². The summed E-state index contributed by atoms with van der Waals surface area (Å²) in [4.78, 5) is 27.5. The number of carbonyl (C=O) groups excluding carboxylic acids is 1. The number of hydrogen-bond acceptors (Lipinski definition) is 6. The highest BCUT2D eigenvalue weighted by atomic mass is 16.5. The highest BCUT2D eigenvalue weighted by Gasteiger charge is 2.68. The van der Waals surface area contributed by atoms with Crippen LogP contribution in [-0.2, 0) is 14.3 Å². The summed E-state index contributed by atoms with van der Waals surface area (Å²) in [6.45, 7) is 2.20. The first-order valence-electron chi connectivity index (χ1n) is 10.8. The van der Waals surface area contributed by atoms with Crippen LogP contribution >= 0.6 is 0 Å². The van der Waals surface area contributed by atoms with Crippen LogP contribution in [0.2, 0.25) is 0 Å². The predicted octanol–water partition coefficient (Wildman–Crippen LogP) is 1.93. The van der Waals surface area contributed by atoms with Gasteiger partial charge in [0.1, 0.15) is 17.6 Å². The van der Waals surface area contributed by atoms with Gasteiger partial charge in [-0.05, 0) is 34.5 Å². The molecule has 0 saturated carbocycles. The monoisotopic (exact) mass is 443 g/mol. The molecule has 1 spiro atoms. The molecular formula is C24H21N5O4. The normalized spacial score (nSPS) is 28.3.